The molecule has 92 valence electrons. The molecule has 0 fully saturated rings. The fourth-order valence-corrected chi connectivity index (χ4v) is 1.68. The molecule has 0 saturated heterocycles. The molecule has 1 aromatic rings. The zero-order valence-electron chi connectivity index (χ0n) is 11.0. The average Bonchev–Trinajstić information content (AvgIpc) is 2.50. The number of nitrogens with one attached hydrogen (secondary N) is 1. The summed E-state index contributed by atoms with van der Waals surface area (Å²) in [6, 6.07) is 0. The molecule has 0 aliphatic rings. The first-order valence-electron chi connectivity index (χ1n) is 6.18. The van der Waals surface area contributed by atoms with Gasteiger partial charge in [-0.15, -0.1) is 0 Å². The number of hydrogen-bond donors (Lipinski definition) is 1. The van der Waals surface area contributed by atoms with E-state index in [4.69, 9.17) is 0 Å². The molecule has 1 N–H and O–H groups in total. The standard InChI is InChI=1S/C12H24N4/c1-10(2)9-13-7-5-6-8-16-12(4)14-11(3)15-16/h10,13H,5-9H2,1-4H3. The van der Waals surface area contributed by atoms with Crippen LogP contribution in [0, 0.1) is 19.8 Å². The number of rotatable bonds is 7. The van der Waals surface area contributed by atoms with Crippen molar-refractivity contribution < 1.29 is 0 Å². The lowest BCUT2D eigenvalue weighted by molar-refractivity contribution is 0.500. The smallest absolute Gasteiger partial charge is 0.147 e. The van der Waals surface area contributed by atoms with E-state index in [-0.39, 0.29) is 0 Å². The molecule has 16 heavy (non-hydrogen) atoms. The predicted octanol–water partition coefficient (Wildman–Crippen LogP) is 1.92. The lowest BCUT2D eigenvalue weighted by Gasteiger charge is -2.07. The Morgan fingerprint density at radius 2 is 2.00 bits per heavy atom. The number of nitrogens with zero attached hydrogens (tertiary/aromatic N) is 3. The Labute approximate surface area is 98.5 Å². The average molecular weight is 224 g/mol. The van der Waals surface area contributed by atoms with Crippen LogP contribution in [0.5, 0.6) is 0 Å². The van der Waals surface area contributed by atoms with Gasteiger partial charge in [-0.2, -0.15) is 5.10 Å². The van der Waals surface area contributed by atoms with Crippen molar-refractivity contribution in [1.29, 1.82) is 0 Å². The highest BCUT2D eigenvalue weighted by Gasteiger charge is 2.01. The Kier molecular flexibility index (Phi) is 5.46. The molecule has 0 saturated carbocycles. The van der Waals surface area contributed by atoms with Crippen molar-refractivity contribution in [3.8, 4) is 0 Å². The summed E-state index contributed by atoms with van der Waals surface area (Å²) in [7, 11) is 0. The van der Waals surface area contributed by atoms with E-state index in [1.54, 1.807) is 0 Å². The van der Waals surface area contributed by atoms with E-state index in [0.717, 1.165) is 43.6 Å². The highest BCUT2D eigenvalue weighted by Crippen LogP contribution is 1.99. The molecule has 4 nitrogen and oxygen atoms in total. The van der Waals surface area contributed by atoms with Gasteiger partial charge in [0.05, 0.1) is 0 Å². The van der Waals surface area contributed by atoms with Crippen LogP contribution in [0.25, 0.3) is 0 Å². The largest absolute Gasteiger partial charge is 0.316 e. The third-order valence-electron chi connectivity index (χ3n) is 2.49. The molecule has 0 atom stereocenters. The second-order valence-corrected chi connectivity index (χ2v) is 4.73. The van der Waals surface area contributed by atoms with Crippen molar-refractivity contribution in [1.82, 2.24) is 20.1 Å². The Balaban J connectivity index is 2.09. The Morgan fingerprint density at radius 3 is 2.56 bits per heavy atom. The van der Waals surface area contributed by atoms with Crippen LogP contribution in [0.3, 0.4) is 0 Å². The van der Waals surface area contributed by atoms with Crippen LogP contribution in [0.1, 0.15) is 38.3 Å². The molecule has 0 radical (unpaired) electrons. The molecule has 0 amide bonds. The third-order valence-corrected chi connectivity index (χ3v) is 2.49. The van der Waals surface area contributed by atoms with E-state index in [2.05, 4.69) is 29.2 Å². The maximum Gasteiger partial charge on any atom is 0.147 e. The van der Waals surface area contributed by atoms with Crippen LogP contribution < -0.4 is 5.32 Å². The van der Waals surface area contributed by atoms with Crippen molar-refractivity contribution in [2.24, 2.45) is 5.92 Å². The van der Waals surface area contributed by atoms with Crippen molar-refractivity contribution in [2.45, 2.75) is 47.1 Å². The third kappa shape index (κ3) is 4.75. The zero-order valence-corrected chi connectivity index (χ0v) is 11.0. The van der Waals surface area contributed by atoms with Gasteiger partial charge in [-0.05, 0) is 45.7 Å². The SMILES string of the molecule is Cc1nc(C)n(CCCCNCC(C)C)n1. The minimum Gasteiger partial charge on any atom is -0.316 e. The topological polar surface area (TPSA) is 42.7 Å². The first kappa shape index (κ1) is 13.2. The zero-order chi connectivity index (χ0) is 12.0. The molecule has 0 aliphatic carbocycles. The quantitative estimate of drug-likeness (QED) is 0.720. The number of unbranched alkanes of at least 4 members (excludes halogenated alkanes) is 1. The highest BCUT2D eigenvalue weighted by molar-refractivity contribution is 4.87. The van der Waals surface area contributed by atoms with Gasteiger partial charge in [-0.25, -0.2) is 4.98 Å². The van der Waals surface area contributed by atoms with Gasteiger partial charge < -0.3 is 5.32 Å². The van der Waals surface area contributed by atoms with Crippen LogP contribution in [-0.2, 0) is 6.54 Å². The number of aromatic nitrogens is 3. The summed E-state index contributed by atoms with van der Waals surface area (Å²) in [6.45, 7) is 11.6. The number of aryl methyl sites for hydroxylation is 3. The maximum atomic E-state index is 4.34. The fraction of sp³-hybridized carbons (Fsp3) is 0.833. The minimum atomic E-state index is 0.736. The van der Waals surface area contributed by atoms with Crippen LogP contribution in [0.2, 0.25) is 0 Å². The van der Waals surface area contributed by atoms with Gasteiger partial charge in [0.15, 0.2) is 0 Å². The molecule has 4 heteroatoms. The molecule has 1 aromatic heterocycles. The predicted molar refractivity (Wildman–Crippen MR) is 66.4 cm³/mol. The molecule has 0 aliphatic heterocycles. The van der Waals surface area contributed by atoms with Crippen molar-refractivity contribution in [3.05, 3.63) is 11.6 Å². The summed E-state index contributed by atoms with van der Waals surface area (Å²) in [5.74, 6) is 2.63. The lowest BCUT2D eigenvalue weighted by atomic mass is 10.2. The van der Waals surface area contributed by atoms with Crippen molar-refractivity contribution in [2.75, 3.05) is 13.1 Å². The first-order chi connectivity index (χ1) is 7.59. The molecule has 1 rings (SSSR count). The van der Waals surface area contributed by atoms with Crippen molar-refractivity contribution >= 4 is 0 Å². The van der Waals surface area contributed by atoms with Crippen LogP contribution in [0.4, 0.5) is 0 Å². The van der Waals surface area contributed by atoms with Gasteiger partial charge in [0.25, 0.3) is 0 Å². The maximum absolute atomic E-state index is 4.34. The summed E-state index contributed by atoms with van der Waals surface area (Å²) >= 11 is 0. The summed E-state index contributed by atoms with van der Waals surface area (Å²) in [4.78, 5) is 4.29. The van der Waals surface area contributed by atoms with Gasteiger partial charge in [-0.1, -0.05) is 13.8 Å². The second-order valence-electron chi connectivity index (χ2n) is 4.73. The molecule has 0 bridgehead atoms. The monoisotopic (exact) mass is 224 g/mol. The minimum absolute atomic E-state index is 0.736. The Morgan fingerprint density at radius 1 is 1.25 bits per heavy atom. The molecular weight excluding hydrogens is 200 g/mol. The summed E-state index contributed by atoms with van der Waals surface area (Å²) < 4.78 is 2.00. The van der Waals surface area contributed by atoms with Crippen LogP contribution in [-0.4, -0.2) is 27.9 Å². The van der Waals surface area contributed by atoms with E-state index < -0.39 is 0 Å². The van der Waals surface area contributed by atoms with Gasteiger partial charge in [0.1, 0.15) is 11.6 Å². The van der Waals surface area contributed by atoms with E-state index in [9.17, 15) is 0 Å². The van der Waals surface area contributed by atoms with E-state index in [1.807, 2.05) is 18.5 Å². The van der Waals surface area contributed by atoms with Gasteiger partial charge in [0.2, 0.25) is 0 Å². The van der Waals surface area contributed by atoms with Crippen LogP contribution in [0.15, 0.2) is 0 Å². The fourth-order valence-electron chi connectivity index (χ4n) is 1.68. The second kappa shape index (κ2) is 6.63. The first-order valence-corrected chi connectivity index (χ1v) is 6.18. The Bertz CT molecular complexity index is 304. The van der Waals surface area contributed by atoms with E-state index in [1.165, 1.54) is 6.42 Å². The molecule has 0 aromatic carbocycles. The van der Waals surface area contributed by atoms with Crippen LogP contribution >= 0.6 is 0 Å². The van der Waals surface area contributed by atoms with E-state index >= 15 is 0 Å². The normalized spacial score (nSPS) is 11.3. The molecule has 0 spiro atoms. The highest BCUT2D eigenvalue weighted by atomic mass is 15.3. The number of hydrogen-bond acceptors (Lipinski definition) is 3. The van der Waals surface area contributed by atoms with Gasteiger partial charge in [0, 0.05) is 6.54 Å². The van der Waals surface area contributed by atoms with E-state index in [0.29, 0.717) is 0 Å². The molecular formula is C12H24N4. The summed E-state index contributed by atoms with van der Waals surface area (Å²) in [5, 5.41) is 7.79. The molecule has 0 unspecified atom stereocenters. The summed E-state index contributed by atoms with van der Waals surface area (Å²) in [5.41, 5.74) is 0. The van der Waals surface area contributed by atoms with Crippen molar-refractivity contribution in [3.63, 3.8) is 0 Å². The Hall–Kier alpha value is -0.900. The van der Waals surface area contributed by atoms with Gasteiger partial charge >= 0.3 is 0 Å². The summed E-state index contributed by atoms with van der Waals surface area (Å²) in [6.07, 6.45) is 2.36. The lowest BCUT2D eigenvalue weighted by Crippen LogP contribution is -2.21. The van der Waals surface area contributed by atoms with Gasteiger partial charge in [-0.3, -0.25) is 4.68 Å². The molecule has 1 heterocycles.